The molecule has 0 aliphatic heterocycles. The maximum atomic E-state index is 12.7. The van der Waals surface area contributed by atoms with Crippen LogP contribution in [0.25, 0.3) is 0 Å². The first-order chi connectivity index (χ1) is 11.1. The molecule has 124 valence electrons. The van der Waals surface area contributed by atoms with Crippen molar-refractivity contribution in [2.24, 2.45) is 0 Å². The molecule has 7 heteroatoms. The van der Waals surface area contributed by atoms with Crippen LogP contribution in [0.15, 0.2) is 41.8 Å². The molecule has 1 atom stereocenters. The molecule has 1 aromatic carbocycles. The highest BCUT2D eigenvalue weighted by Crippen LogP contribution is 2.11. The van der Waals surface area contributed by atoms with Gasteiger partial charge in [0.25, 0.3) is 0 Å². The molecular weight excluding hydrogens is 319 g/mol. The van der Waals surface area contributed by atoms with Crippen LogP contribution in [0.5, 0.6) is 5.75 Å². The van der Waals surface area contributed by atoms with Crippen LogP contribution in [0.3, 0.4) is 0 Å². The fourth-order valence-electron chi connectivity index (χ4n) is 1.81. The average Bonchev–Trinajstić information content (AvgIpc) is 3.06. The summed E-state index contributed by atoms with van der Waals surface area (Å²) < 4.78 is 18.0. The number of hydrogen-bond donors (Lipinski definition) is 3. The van der Waals surface area contributed by atoms with Crippen LogP contribution in [-0.2, 0) is 6.42 Å². The van der Waals surface area contributed by atoms with Gasteiger partial charge in [-0.1, -0.05) is 6.07 Å². The Morgan fingerprint density at radius 3 is 2.74 bits per heavy atom. The molecule has 0 aliphatic carbocycles. The van der Waals surface area contributed by atoms with E-state index >= 15 is 0 Å². The smallest absolute Gasteiger partial charge is 0.314 e. The zero-order valence-electron chi connectivity index (χ0n) is 12.5. The van der Waals surface area contributed by atoms with E-state index in [0.29, 0.717) is 12.3 Å². The van der Waals surface area contributed by atoms with Crippen molar-refractivity contribution in [1.82, 2.24) is 10.6 Å². The zero-order chi connectivity index (χ0) is 16.5. The summed E-state index contributed by atoms with van der Waals surface area (Å²) in [6, 6.07) is 9.17. The van der Waals surface area contributed by atoms with Crippen LogP contribution in [0.2, 0.25) is 0 Å². The highest BCUT2D eigenvalue weighted by Gasteiger charge is 2.08. The highest BCUT2D eigenvalue weighted by molar-refractivity contribution is 7.09. The normalized spacial score (nSPS) is 11.7. The highest BCUT2D eigenvalue weighted by atomic mass is 32.1. The second kappa shape index (κ2) is 9.12. The summed E-state index contributed by atoms with van der Waals surface area (Å²) in [6.07, 6.45) is -0.0653. The molecule has 3 N–H and O–H groups in total. The largest absolute Gasteiger partial charge is 0.491 e. The molecule has 0 aliphatic rings. The van der Waals surface area contributed by atoms with Gasteiger partial charge >= 0.3 is 6.03 Å². The summed E-state index contributed by atoms with van der Waals surface area (Å²) in [7, 11) is 0. The third kappa shape index (κ3) is 6.66. The van der Waals surface area contributed by atoms with Crippen molar-refractivity contribution >= 4 is 17.4 Å². The molecular formula is C16H19FN2O3S. The van der Waals surface area contributed by atoms with Gasteiger partial charge in [0.2, 0.25) is 0 Å². The lowest BCUT2D eigenvalue weighted by atomic mass is 10.3. The van der Waals surface area contributed by atoms with Crippen LogP contribution in [0, 0.1) is 5.82 Å². The fourth-order valence-corrected chi connectivity index (χ4v) is 2.52. The van der Waals surface area contributed by atoms with Gasteiger partial charge < -0.3 is 20.5 Å². The van der Waals surface area contributed by atoms with Gasteiger partial charge in [0.15, 0.2) is 0 Å². The first-order valence-electron chi connectivity index (χ1n) is 7.24. The average molecular weight is 338 g/mol. The van der Waals surface area contributed by atoms with Crippen LogP contribution in [0.4, 0.5) is 9.18 Å². The Bertz CT molecular complexity index is 590. The van der Waals surface area contributed by atoms with Crippen LogP contribution < -0.4 is 15.4 Å². The molecule has 1 aromatic heterocycles. The van der Waals surface area contributed by atoms with E-state index in [2.05, 4.69) is 10.6 Å². The van der Waals surface area contributed by atoms with Gasteiger partial charge in [-0.15, -0.1) is 11.3 Å². The number of ether oxygens (including phenoxy) is 1. The first-order valence-corrected chi connectivity index (χ1v) is 8.12. The minimum atomic E-state index is -0.844. The molecule has 2 amide bonds. The SMILES string of the molecule is O=C(NCCc1cccs1)NCC(O)COc1ccc(F)cc1. The molecule has 2 aromatic rings. The lowest BCUT2D eigenvalue weighted by Crippen LogP contribution is -2.41. The topological polar surface area (TPSA) is 70.6 Å². The number of benzene rings is 1. The maximum Gasteiger partial charge on any atom is 0.314 e. The number of urea groups is 1. The number of thiophene rings is 1. The molecule has 0 bridgehead atoms. The third-order valence-corrected chi connectivity index (χ3v) is 3.93. The van der Waals surface area contributed by atoms with E-state index in [1.54, 1.807) is 11.3 Å². The number of rotatable bonds is 8. The van der Waals surface area contributed by atoms with Gasteiger partial charge in [0.05, 0.1) is 0 Å². The van der Waals surface area contributed by atoms with E-state index in [0.717, 1.165) is 6.42 Å². The van der Waals surface area contributed by atoms with Gasteiger partial charge in [0, 0.05) is 18.0 Å². The van der Waals surface area contributed by atoms with Crippen molar-refractivity contribution in [3.63, 3.8) is 0 Å². The number of aliphatic hydroxyl groups is 1. The Hall–Kier alpha value is -2.12. The number of carbonyl (C=O) groups is 1. The van der Waals surface area contributed by atoms with Crippen LogP contribution in [-0.4, -0.2) is 36.9 Å². The van der Waals surface area contributed by atoms with Crippen molar-refractivity contribution in [3.8, 4) is 5.75 Å². The van der Waals surface area contributed by atoms with Gasteiger partial charge in [-0.05, 0) is 42.1 Å². The summed E-state index contributed by atoms with van der Waals surface area (Å²) in [6.45, 7) is 0.627. The number of carbonyl (C=O) groups excluding carboxylic acids is 1. The Balaban J connectivity index is 1.57. The predicted octanol–water partition coefficient (Wildman–Crippen LogP) is 2.17. The minimum absolute atomic E-state index is 0.0150. The lowest BCUT2D eigenvalue weighted by Gasteiger charge is -2.13. The van der Waals surface area contributed by atoms with Crippen LogP contribution in [0.1, 0.15) is 4.88 Å². The van der Waals surface area contributed by atoms with Gasteiger partial charge in [-0.25, -0.2) is 9.18 Å². The number of amides is 2. The summed E-state index contributed by atoms with van der Waals surface area (Å²) in [5.41, 5.74) is 0. The number of nitrogens with one attached hydrogen (secondary N) is 2. The number of aliphatic hydroxyl groups excluding tert-OH is 1. The van der Waals surface area contributed by atoms with E-state index in [-0.39, 0.29) is 25.0 Å². The lowest BCUT2D eigenvalue weighted by molar-refractivity contribution is 0.108. The van der Waals surface area contributed by atoms with Crippen molar-refractivity contribution in [3.05, 3.63) is 52.5 Å². The predicted molar refractivity (Wildman–Crippen MR) is 87.3 cm³/mol. The quantitative estimate of drug-likeness (QED) is 0.691. The fraction of sp³-hybridized carbons (Fsp3) is 0.312. The Labute approximate surface area is 138 Å². The maximum absolute atomic E-state index is 12.7. The van der Waals surface area contributed by atoms with Crippen molar-refractivity contribution in [1.29, 1.82) is 0 Å². The molecule has 0 spiro atoms. The molecule has 1 unspecified atom stereocenters. The summed E-state index contributed by atoms with van der Waals surface area (Å²) in [5, 5.41) is 17.0. The summed E-state index contributed by atoms with van der Waals surface area (Å²) in [4.78, 5) is 12.8. The molecule has 0 radical (unpaired) electrons. The Kier molecular flexibility index (Phi) is 6.83. The third-order valence-electron chi connectivity index (χ3n) is 2.99. The number of hydrogen-bond acceptors (Lipinski definition) is 4. The van der Waals surface area contributed by atoms with Crippen LogP contribution >= 0.6 is 11.3 Å². The summed E-state index contributed by atoms with van der Waals surface area (Å²) in [5.74, 6) is 0.115. The summed E-state index contributed by atoms with van der Waals surface area (Å²) >= 11 is 1.65. The molecule has 0 fully saturated rings. The standard InChI is InChI=1S/C16H19FN2O3S/c17-12-3-5-14(6-4-12)22-11-13(20)10-19-16(21)18-8-7-15-2-1-9-23-15/h1-6,9,13,20H,7-8,10-11H2,(H2,18,19,21). The minimum Gasteiger partial charge on any atom is -0.491 e. The molecule has 23 heavy (non-hydrogen) atoms. The first kappa shape index (κ1) is 17.2. The van der Waals surface area contributed by atoms with E-state index < -0.39 is 6.10 Å². The molecule has 2 rings (SSSR count). The molecule has 0 saturated carbocycles. The molecule has 1 heterocycles. The number of halogens is 1. The van der Waals surface area contributed by atoms with E-state index in [4.69, 9.17) is 4.74 Å². The molecule has 0 saturated heterocycles. The van der Waals surface area contributed by atoms with Crippen molar-refractivity contribution in [2.75, 3.05) is 19.7 Å². The molecule has 5 nitrogen and oxygen atoms in total. The Morgan fingerprint density at radius 2 is 2.04 bits per heavy atom. The second-order valence-electron chi connectivity index (χ2n) is 4.88. The second-order valence-corrected chi connectivity index (χ2v) is 5.92. The van der Waals surface area contributed by atoms with Crippen molar-refractivity contribution in [2.45, 2.75) is 12.5 Å². The monoisotopic (exact) mass is 338 g/mol. The van der Waals surface area contributed by atoms with Crippen molar-refractivity contribution < 1.29 is 19.0 Å². The Morgan fingerprint density at radius 1 is 1.26 bits per heavy atom. The van der Waals surface area contributed by atoms with Gasteiger partial charge in [0.1, 0.15) is 24.3 Å². The van der Waals surface area contributed by atoms with E-state index in [1.165, 1.54) is 29.1 Å². The van der Waals surface area contributed by atoms with E-state index in [1.807, 2.05) is 17.5 Å². The zero-order valence-corrected chi connectivity index (χ0v) is 13.3. The van der Waals surface area contributed by atoms with Gasteiger partial charge in [-0.2, -0.15) is 0 Å². The van der Waals surface area contributed by atoms with Gasteiger partial charge in [-0.3, -0.25) is 0 Å². The van der Waals surface area contributed by atoms with E-state index in [9.17, 15) is 14.3 Å².